The molecule has 2 N–H and O–H groups in total. The van der Waals surface area contributed by atoms with Gasteiger partial charge in [-0.2, -0.15) is 5.10 Å². The van der Waals surface area contributed by atoms with Gasteiger partial charge in [0.1, 0.15) is 6.10 Å². The summed E-state index contributed by atoms with van der Waals surface area (Å²) in [4.78, 5) is 0. The molecule has 0 aliphatic carbocycles. The number of aromatic amines is 1. The molecule has 2 rings (SSSR count). The quantitative estimate of drug-likeness (QED) is 0.827. The summed E-state index contributed by atoms with van der Waals surface area (Å²) in [6.07, 6.45) is 4.14. The lowest BCUT2D eigenvalue weighted by Gasteiger charge is -2.22. The highest BCUT2D eigenvalue weighted by atomic mass is 79.9. The van der Waals surface area contributed by atoms with Crippen LogP contribution in [-0.2, 0) is 0 Å². The topological polar surface area (TPSA) is 49.9 Å². The first-order chi connectivity index (χ1) is 6.36. The number of aromatic nitrogens is 2. The highest BCUT2D eigenvalue weighted by molar-refractivity contribution is 9.10. The van der Waals surface area contributed by atoms with Crippen LogP contribution in [0.4, 0.5) is 0 Å². The molecule has 2 heterocycles. The third-order valence-corrected chi connectivity index (χ3v) is 2.70. The van der Waals surface area contributed by atoms with Gasteiger partial charge in [-0.15, -0.1) is 0 Å². The van der Waals surface area contributed by atoms with Crippen molar-refractivity contribution in [2.75, 3.05) is 13.1 Å². The zero-order valence-electron chi connectivity index (χ0n) is 7.22. The molecule has 0 aromatic carbocycles. The molecule has 0 atom stereocenters. The normalized spacial score (nSPS) is 18.8. The van der Waals surface area contributed by atoms with Crippen LogP contribution >= 0.6 is 15.9 Å². The average Bonchev–Trinajstić information content (AvgIpc) is 2.54. The van der Waals surface area contributed by atoms with E-state index in [1.807, 2.05) is 0 Å². The van der Waals surface area contributed by atoms with E-state index in [1.165, 1.54) is 0 Å². The molecule has 1 aromatic rings. The summed E-state index contributed by atoms with van der Waals surface area (Å²) >= 11 is 3.36. The van der Waals surface area contributed by atoms with Gasteiger partial charge >= 0.3 is 0 Å². The van der Waals surface area contributed by atoms with Crippen molar-refractivity contribution in [1.82, 2.24) is 15.5 Å². The van der Waals surface area contributed by atoms with Crippen LogP contribution in [0.2, 0.25) is 0 Å². The lowest BCUT2D eigenvalue weighted by atomic mass is 10.1. The molecular formula is C8H12BrN3O. The number of hydrogen-bond acceptors (Lipinski definition) is 3. The van der Waals surface area contributed by atoms with Crippen LogP contribution in [0.3, 0.4) is 0 Å². The number of hydrogen-bond donors (Lipinski definition) is 2. The second-order valence-electron chi connectivity index (χ2n) is 3.11. The van der Waals surface area contributed by atoms with Gasteiger partial charge < -0.3 is 10.1 Å². The van der Waals surface area contributed by atoms with Crippen molar-refractivity contribution in [1.29, 1.82) is 0 Å². The molecule has 4 nitrogen and oxygen atoms in total. The lowest BCUT2D eigenvalue weighted by Crippen LogP contribution is -2.34. The van der Waals surface area contributed by atoms with Crippen LogP contribution in [0.25, 0.3) is 0 Å². The molecule has 0 saturated carbocycles. The van der Waals surface area contributed by atoms with Gasteiger partial charge in [-0.3, -0.25) is 0 Å². The Bertz CT molecular complexity index is 270. The minimum absolute atomic E-state index is 0.318. The third-order valence-electron chi connectivity index (χ3n) is 2.13. The van der Waals surface area contributed by atoms with E-state index in [0.29, 0.717) is 6.10 Å². The fourth-order valence-electron chi connectivity index (χ4n) is 1.42. The average molecular weight is 246 g/mol. The fraction of sp³-hybridized carbons (Fsp3) is 0.625. The van der Waals surface area contributed by atoms with Gasteiger partial charge in [0.25, 0.3) is 0 Å². The van der Waals surface area contributed by atoms with E-state index in [0.717, 1.165) is 36.3 Å². The second-order valence-corrected chi connectivity index (χ2v) is 3.97. The van der Waals surface area contributed by atoms with Crippen LogP contribution in [0.15, 0.2) is 10.7 Å². The number of nitrogens with zero attached hydrogens (tertiary/aromatic N) is 1. The molecule has 1 fully saturated rings. The Morgan fingerprint density at radius 3 is 2.85 bits per heavy atom. The number of ether oxygens (including phenoxy) is 1. The van der Waals surface area contributed by atoms with Crippen molar-refractivity contribution in [2.24, 2.45) is 0 Å². The van der Waals surface area contributed by atoms with Crippen molar-refractivity contribution in [3.05, 3.63) is 10.7 Å². The molecule has 72 valence electrons. The highest BCUT2D eigenvalue weighted by Crippen LogP contribution is 2.23. The fourth-order valence-corrected chi connectivity index (χ4v) is 1.71. The summed E-state index contributed by atoms with van der Waals surface area (Å²) in [6, 6.07) is 0. The maximum absolute atomic E-state index is 5.72. The molecule has 1 aromatic heterocycles. The van der Waals surface area contributed by atoms with Crippen molar-refractivity contribution >= 4 is 15.9 Å². The van der Waals surface area contributed by atoms with E-state index in [2.05, 4.69) is 31.4 Å². The van der Waals surface area contributed by atoms with E-state index in [1.54, 1.807) is 6.20 Å². The molecule has 1 aliphatic heterocycles. The van der Waals surface area contributed by atoms with Gasteiger partial charge in [-0.1, -0.05) is 0 Å². The molecule has 0 amide bonds. The van der Waals surface area contributed by atoms with Crippen LogP contribution in [0.5, 0.6) is 5.88 Å². The second kappa shape index (κ2) is 4.11. The van der Waals surface area contributed by atoms with E-state index in [4.69, 9.17) is 4.74 Å². The molecule has 13 heavy (non-hydrogen) atoms. The minimum Gasteiger partial charge on any atom is -0.474 e. The number of piperidine rings is 1. The number of H-pyrrole nitrogens is 1. The largest absolute Gasteiger partial charge is 0.474 e. The number of rotatable bonds is 2. The first kappa shape index (κ1) is 9.02. The van der Waals surface area contributed by atoms with Gasteiger partial charge in [-0.05, 0) is 41.9 Å². The Morgan fingerprint density at radius 2 is 2.23 bits per heavy atom. The number of nitrogens with one attached hydrogen (secondary N) is 2. The van der Waals surface area contributed by atoms with E-state index >= 15 is 0 Å². The lowest BCUT2D eigenvalue weighted by molar-refractivity contribution is 0.155. The Labute approximate surface area is 85.2 Å². The molecule has 0 bridgehead atoms. The van der Waals surface area contributed by atoms with Gasteiger partial charge in [0.15, 0.2) is 0 Å². The monoisotopic (exact) mass is 245 g/mol. The Kier molecular flexibility index (Phi) is 2.85. The zero-order chi connectivity index (χ0) is 9.10. The Balaban J connectivity index is 1.93. The van der Waals surface area contributed by atoms with E-state index in [9.17, 15) is 0 Å². The van der Waals surface area contributed by atoms with Crippen LogP contribution in [0, 0.1) is 0 Å². The van der Waals surface area contributed by atoms with Crippen LogP contribution in [0.1, 0.15) is 12.8 Å². The van der Waals surface area contributed by atoms with Crippen molar-refractivity contribution in [2.45, 2.75) is 18.9 Å². The maximum Gasteiger partial charge on any atom is 0.224 e. The molecule has 5 heteroatoms. The standard InChI is InChI=1S/C8H12BrN3O/c9-7-5-11-12-8(7)13-6-1-3-10-4-2-6/h5-6,10H,1-4H2,(H,11,12). The summed E-state index contributed by atoms with van der Waals surface area (Å²) in [7, 11) is 0. The van der Waals surface area contributed by atoms with Crippen LogP contribution in [-0.4, -0.2) is 29.4 Å². The molecule has 0 spiro atoms. The predicted molar refractivity (Wildman–Crippen MR) is 52.8 cm³/mol. The summed E-state index contributed by atoms with van der Waals surface area (Å²) in [5.41, 5.74) is 0. The summed E-state index contributed by atoms with van der Waals surface area (Å²) in [5, 5.41) is 9.98. The maximum atomic E-state index is 5.72. The third kappa shape index (κ3) is 2.22. The van der Waals surface area contributed by atoms with Crippen molar-refractivity contribution < 1.29 is 4.74 Å². The Hall–Kier alpha value is -0.550. The van der Waals surface area contributed by atoms with Crippen LogP contribution < -0.4 is 10.1 Å². The molecule has 0 radical (unpaired) electrons. The predicted octanol–water partition coefficient (Wildman–Crippen LogP) is 1.30. The highest BCUT2D eigenvalue weighted by Gasteiger charge is 2.16. The molecule has 1 saturated heterocycles. The van der Waals surface area contributed by atoms with Gasteiger partial charge in [0.2, 0.25) is 5.88 Å². The minimum atomic E-state index is 0.318. The smallest absolute Gasteiger partial charge is 0.224 e. The summed E-state index contributed by atoms with van der Waals surface area (Å²) < 4.78 is 6.62. The van der Waals surface area contributed by atoms with E-state index in [-0.39, 0.29) is 0 Å². The first-order valence-electron chi connectivity index (χ1n) is 4.42. The van der Waals surface area contributed by atoms with Gasteiger partial charge in [0, 0.05) is 0 Å². The Morgan fingerprint density at radius 1 is 1.46 bits per heavy atom. The van der Waals surface area contributed by atoms with Crippen molar-refractivity contribution in [3.63, 3.8) is 0 Å². The SMILES string of the molecule is Brc1cn[nH]c1OC1CCNCC1. The van der Waals surface area contributed by atoms with E-state index < -0.39 is 0 Å². The number of halogens is 1. The summed E-state index contributed by atoms with van der Waals surface area (Å²) in [5.74, 6) is 0.743. The van der Waals surface area contributed by atoms with Gasteiger partial charge in [0.05, 0.1) is 10.7 Å². The molecule has 1 aliphatic rings. The van der Waals surface area contributed by atoms with Gasteiger partial charge in [-0.25, -0.2) is 5.10 Å². The molecule has 0 unspecified atom stereocenters. The van der Waals surface area contributed by atoms with Crippen molar-refractivity contribution in [3.8, 4) is 5.88 Å². The first-order valence-corrected chi connectivity index (χ1v) is 5.22. The summed E-state index contributed by atoms with van der Waals surface area (Å²) in [6.45, 7) is 2.08. The zero-order valence-corrected chi connectivity index (χ0v) is 8.80. The molecular weight excluding hydrogens is 234 g/mol.